The Bertz CT molecular complexity index is 1340. The highest BCUT2D eigenvalue weighted by Gasteiger charge is 2.34. The predicted octanol–water partition coefficient (Wildman–Crippen LogP) is 4.54. The van der Waals surface area contributed by atoms with Gasteiger partial charge in [0.15, 0.2) is 11.6 Å². The van der Waals surface area contributed by atoms with Crippen LogP contribution in [0.5, 0.6) is 5.75 Å². The van der Waals surface area contributed by atoms with E-state index >= 15 is 0 Å². The molecule has 0 aliphatic carbocycles. The van der Waals surface area contributed by atoms with Crippen molar-refractivity contribution < 1.29 is 28.2 Å². The average Bonchev–Trinajstić information content (AvgIpc) is 3.35. The van der Waals surface area contributed by atoms with E-state index < -0.39 is 23.4 Å². The molecule has 9 heteroatoms. The Kier molecular flexibility index (Phi) is 5.84. The van der Waals surface area contributed by atoms with Gasteiger partial charge in [-0.2, -0.15) is 5.10 Å². The third-order valence-electron chi connectivity index (χ3n) is 5.82. The number of aliphatic carboxylic acids is 1. The second-order valence-electron chi connectivity index (χ2n) is 8.63. The number of aromatic nitrogens is 3. The van der Waals surface area contributed by atoms with Crippen molar-refractivity contribution in [3.8, 4) is 11.4 Å². The summed E-state index contributed by atoms with van der Waals surface area (Å²) in [6.07, 6.45) is -0.757. The topological polar surface area (TPSA) is 89.4 Å². The number of alkyl halides is 1. The first-order valence-corrected chi connectivity index (χ1v) is 10.4. The van der Waals surface area contributed by atoms with Crippen molar-refractivity contribution in [1.82, 2.24) is 14.8 Å². The molecule has 0 saturated carbocycles. The molecule has 0 radical (unpaired) electrons. The van der Waals surface area contributed by atoms with Gasteiger partial charge in [-0.3, -0.25) is 5.10 Å². The summed E-state index contributed by atoms with van der Waals surface area (Å²) in [5.41, 5.74) is 2.62. The van der Waals surface area contributed by atoms with Crippen molar-refractivity contribution in [1.29, 1.82) is 0 Å². The molecule has 0 aliphatic heterocycles. The van der Waals surface area contributed by atoms with Gasteiger partial charge in [-0.25, -0.2) is 13.6 Å². The average molecular weight is 457 g/mol. The Morgan fingerprint density at radius 1 is 1.27 bits per heavy atom. The Morgan fingerprint density at radius 3 is 2.70 bits per heavy atom. The molecule has 0 aliphatic rings. The van der Waals surface area contributed by atoms with E-state index in [0.29, 0.717) is 27.8 Å². The second kappa shape index (κ2) is 8.47. The Labute approximate surface area is 188 Å². The summed E-state index contributed by atoms with van der Waals surface area (Å²) in [5, 5.41) is 17.8. The van der Waals surface area contributed by atoms with E-state index in [4.69, 9.17) is 9.47 Å². The number of fused-ring (bicyclic) bond motifs is 2. The predicted molar refractivity (Wildman–Crippen MR) is 121 cm³/mol. The molecule has 2 heterocycles. The normalized spacial score (nSPS) is 13.0. The largest absolute Gasteiger partial charge is 0.494 e. The van der Waals surface area contributed by atoms with Gasteiger partial charge in [0.2, 0.25) is 6.17 Å². The van der Waals surface area contributed by atoms with Gasteiger partial charge in [0.05, 0.1) is 30.9 Å². The fourth-order valence-corrected chi connectivity index (χ4v) is 4.46. The number of methoxy groups -OCH3 is 2. The van der Waals surface area contributed by atoms with Gasteiger partial charge in [0.1, 0.15) is 0 Å². The zero-order chi connectivity index (χ0) is 23.9. The maximum absolute atomic E-state index is 14.6. The van der Waals surface area contributed by atoms with Crippen LogP contribution in [-0.2, 0) is 21.4 Å². The lowest BCUT2D eigenvalue weighted by molar-refractivity contribution is -0.142. The smallest absolute Gasteiger partial charge is 0.338 e. The molecule has 0 unspecified atom stereocenters. The fraction of sp³-hybridized carbons (Fsp3) is 0.333. The van der Waals surface area contributed by atoms with E-state index in [0.717, 1.165) is 10.9 Å². The first kappa shape index (κ1) is 22.7. The summed E-state index contributed by atoms with van der Waals surface area (Å²) in [4.78, 5) is 11.4. The quantitative estimate of drug-likeness (QED) is 0.405. The highest BCUT2D eigenvalue weighted by Crippen LogP contribution is 2.40. The molecule has 0 saturated heterocycles. The summed E-state index contributed by atoms with van der Waals surface area (Å²) >= 11 is 0. The summed E-state index contributed by atoms with van der Waals surface area (Å²) in [7, 11) is 2.95. The molecular formula is C24H25F2N3O4. The van der Waals surface area contributed by atoms with Crippen molar-refractivity contribution in [3.63, 3.8) is 0 Å². The second-order valence-corrected chi connectivity index (χ2v) is 8.63. The maximum Gasteiger partial charge on any atom is 0.338 e. The zero-order valence-electron chi connectivity index (χ0n) is 18.8. The standard InChI is InChI=1S/C24H25F2N3O4/c1-24(2,12-32-3)22-16(9-18(26)23(30)31)15-10-19-13(11-27-28-19)7-20(15)29(22)14-5-6-17(25)21(8-14)33-4/h5-8,10-11,18H,9,12H2,1-4H3,(H,27,28)(H,30,31)/t18-/m1/s1. The van der Waals surface area contributed by atoms with E-state index in [9.17, 15) is 18.7 Å². The summed E-state index contributed by atoms with van der Waals surface area (Å²) < 4.78 is 41.3. The van der Waals surface area contributed by atoms with E-state index in [1.54, 1.807) is 25.4 Å². The summed E-state index contributed by atoms with van der Waals surface area (Å²) in [6.45, 7) is 4.16. The number of H-pyrrole nitrogens is 1. The number of carboxylic acid groups (broad SMARTS) is 1. The van der Waals surface area contributed by atoms with Crippen LogP contribution in [0, 0.1) is 5.82 Å². The number of rotatable bonds is 8. The van der Waals surface area contributed by atoms with Crippen LogP contribution in [0.3, 0.4) is 0 Å². The van der Waals surface area contributed by atoms with Crippen molar-refractivity contribution in [2.24, 2.45) is 0 Å². The number of carbonyl (C=O) groups is 1. The zero-order valence-corrected chi connectivity index (χ0v) is 18.8. The molecule has 0 fully saturated rings. The number of benzene rings is 2. The van der Waals surface area contributed by atoms with Crippen LogP contribution in [-0.4, -0.2) is 52.8 Å². The molecule has 4 aromatic rings. The van der Waals surface area contributed by atoms with Crippen LogP contribution < -0.4 is 4.74 Å². The lowest BCUT2D eigenvalue weighted by Gasteiger charge is -2.28. The molecule has 0 spiro atoms. The SMILES string of the molecule is COCC(C)(C)c1c(C[C@@H](F)C(=O)O)c2cc3[nH]ncc3cc2n1-c1ccc(F)c(OC)c1. The molecule has 33 heavy (non-hydrogen) atoms. The lowest BCUT2D eigenvalue weighted by atomic mass is 9.85. The molecule has 0 bridgehead atoms. The number of hydrogen-bond acceptors (Lipinski definition) is 4. The molecule has 2 aromatic heterocycles. The van der Waals surface area contributed by atoms with Crippen LogP contribution in [0.25, 0.3) is 27.5 Å². The third kappa shape index (κ3) is 3.93. The molecule has 1 atom stereocenters. The van der Waals surface area contributed by atoms with Gasteiger partial charge in [0.25, 0.3) is 0 Å². The number of ether oxygens (including phenoxy) is 2. The molecule has 0 amide bonds. The van der Waals surface area contributed by atoms with Crippen molar-refractivity contribution in [2.75, 3.05) is 20.8 Å². The highest BCUT2D eigenvalue weighted by molar-refractivity contribution is 5.99. The number of nitrogens with zero attached hydrogens (tertiary/aromatic N) is 2. The Balaban J connectivity index is 2.14. The highest BCUT2D eigenvalue weighted by atomic mass is 19.1. The van der Waals surface area contributed by atoms with Gasteiger partial charge in [-0.1, -0.05) is 13.8 Å². The molecule has 2 N–H and O–H groups in total. The number of hydrogen-bond donors (Lipinski definition) is 2. The number of nitrogens with one attached hydrogen (secondary N) is 1. The maximum atomic E-state index is 14.6. The Morgan fingerprint density at radius 2 is 2.03 bits per heavy atom. The van der Waals surface area contributed by atoms with Crippen LogP contribution in [0.15, 0.2) is 36.5 Å². The summed E-state index contributed by atoms with van der Waals surface area (Å²) in [6, 6.07) is 8.21. The number of aromatic amines is 1. The van der Waals surface area contributed by atoms with Gasteiger partial charge < -0.3 is 19.1 Å². The van der Waals surface area contributed by atoms with Crippen LogP contribution >= 0.6 is 0 Å². The molecule has 2 aromatic carbocycles. The van der Waals surface area contributed by atoms with Crippen molar-refractivity contribution in [3.05, 3.63) is 53.6 Å². The van der Waals surface area contributed by atoms with Crippen molar-refractivity contribution in [2.45, 2.75) is 31.9 Å². The number of halogens is 2. The molecular weight excluding hydrogens is 432 g/mol. The van der Waals surface area contributed by atoms with E-state index in [2.05, 4.69) is 10.2 Å². The van der Waals surface area contributed by atoms with E-state index in [1.807, 2.05) is 30.5 Å². The lowest BCUT2D eigenvalue weighted by Crippen LogP contribution is -2.29. The van der Waals surface area contributed by atoms with Crippen molar-refractivity contribution >= 4 is 27.8 Å². The van der Waals surface area contributed by atoms with E-state index in [1.165, 1.54) is 13.2 Å². The van der Waals surface area contributed by atoms with Gasteiger partial charge in [0, 0.05) is 47.2 Å². The van der Waals surface area contributed by atoms with Crippen LogP contribution in [0.2, 0.25) is 0 Å². The van der Waals surface area contributed by atoms with Crippen LogP contribution in [0.4, 0.5) is 8.78 Å². The summed E-state index contributed by atoms with van der Waals surface area (Å²) in [5.74, 6) is -1.98. The molecule has 174 valence electrons. The minimum absolute atomic E-state index is 0.0599. The van der Waals surface area contributed by atoms with E-state index in [-0.39, 0.29) is 18.8 Å². The first-order chi connectivity index (χ1) is 15.7. The molecule has 4 rings (SSSR count). The first-order valence-electron chi connectivity index (χ1n) is 10.4. The molecule has 7 nitrogen and oxygen atoms in total. The third-order valence-corrected chi connectivity index (χ3v) is 5.82. The minimum Gasteiger partial charge on any atom is -0.494 e. The van der Waals surface area contributed by atoms with Gasteiger partial charge in [-0.05, 0) is 29.8 Å². The fourth-order valence-electron chi connectivity index (χ4n) is 4.46. The minimum atomic E-state index is -2.10. The monoisotopic (exact) mass is 457 g/mol. The van der Waals surface area contributed by atoms with Crippen LogP contribution in [0.1, 0.15) is 25.1 Å². The Hall–Kier alpha value is -3.46. The van der Waals surface area contributed by atoms with Gasteiger partial charge >= 0.3 is 5.97 Å². The van der Waals surface area contributed by atoms with Gasteiger partial charge in [-0.15, -0.1) is 0 Å². The number of carboxylic acids is 1.